The summed E-state index contributed by atoms with van der Waals surface area (Å²) in [6.45, 7) is 5.36. The first kappa shape index (κ1) is 19.6. The molecule has 1 aromatic carbocycles. The van der Waals surface area contributed by atoms with Gasteiger partial charge in [0.25, 0.3) is 5.91 Å². The molecule has 0 aliphatic rings. The molecule has 21 heavy (non-hydrogen) atoms. The minimum Gasteiger partial charge on any atom is -0.467 e. The number of ether oxygens (including phenoxy) is 2. The number of nitrogens with zero attached hydrogens (tertiary/aromatic N) is 1. The SMILES string of the molecule is COCC(=O)N(c1c(C)cccc1C)C(C)C(=O)OC.[Cu]. The smallest absolute Gasteiger partial charge is 0.328 e. The first-order chi connectivity index (χ1) is 9.43. The second kappa shape index (κ2) is 8.82. The average Bonchev–Trinajstić information content (AvgIpc) is 2.41. The summed E-state index contributed by atoms with van der Waals surface area (Å²) in [6.07, 6.45) is 0. The van der Waals surface area contributed by atoms with Gasteiger partial charge in [0.1, 0.15) is 12.6 Å². The average molecular weight is 343 g/mol. The summed E-state index contributed by atoms with van der Waals surface area (Å²) in [5, 5.41) is 0. The van der Waals surface area contributed by atoms with Gasteiger partial charge in [-0.1, -0.05) is 18.2 Å². The molecule has 0 aliphatic heterocycles. The van der Waals surface area contributed by atoms with Gasteiger partial charge >= 0.3 is 5.97 Å². The number of anilines is 1. The fourth-order valence-electron chi connectivity index (χ4n) is 2.19. The molecule has 121 valence electrons. The number of carbonyl (C=O) groups excluding carboxylic acids is 2. The number of aryl methyl sites for hydroxylation is 2. The number of rotatable bonds is 5. The van der Waals surface area contributed by atoms with Gasteiger partial charge in [-0.3, -0.25) is 9.69 Å². The Labute approximate surface area is 136 Å². The molecule has 0 spiro atoms. The van der Waals surface area contributed by atoms with E-state index in [0.717, 1.165) is 16.8 Å². The quantitative estimate of drug-likeness (QED) is 0.605. The summed E-state index contributed by atoms with van der Waals surface area (Å²) < 4.78 is 9.65. The molecular weight excluding hydrogens is 322 g/mol. The molecule has 1 unspecified atom stereocenters. The van der Waals surface area contributed by atoms with Crippen molar-refractivity contribution in [3.63, 3.8) is 0 Å². The second-order valence-electron chi connectivity index (χ2n) is 4.64. The number of esters is 1. The minimum atomic E-state index is -0.706. The normalized spacial score (nSPS) is 11.3. The van der Waals surface area contributed by atoms with Crippen LogP contribution in [0, 0.1) is 13.8 Å². The van der Waals surface area contributed by atoms with Crippen molar-refractivity contribution in [1.82, 2.24) is 0 Å². The van der Waals surface area contributed by atoms with E-state index in [9.17, 15) is 9.59 Å². The fourth-order valence-corrected chi connectivity index (χ4v) is 2.19. The third-order valence-corrected chi connectivity index (χ3v) is 3.15. The molecular formula is C15H21CuNO4. The molecule has 0 saturated heterocycles. The Morgan fingerprint density at radius 2 is 1.71 bits per heavy atom. The topological polar surface area (TPSA) is 55.8 Å². The van der Waals surface area contributed by atoms with Crippen LogP contribution in [0.4, 0.5) is 5.69 Å². The van der Waals surface area contributed by atoms with Crippen molar-refractivity contribution < 1.29 is 36.1 Å². The molecule has 1 rings (SSSR count). The maximum atomic E-state index is 12.3. The van der Waals surface area contributed by atoms with Gasteiger partial charge in [0.2, 0.25) is 0 Å². The van der Waals surface area contributed by atoms with E-state index < -0.39 is 12.0 Å². The Kier molecular flexibility index (Phi) is 8.25. The van der Waals surface area contributed by atoms with Crippen molar-refractivity contribution in [2.45, 2.75) is 26.8 Å². The number of para-hydroxylation sites is 1. The van der Waals surface area contributed by atoms with Gasteiger partial charge < -0.3 is 9.47 Å². The third kappa shape index (κ3) is 4.56. The zero-order valence-electron chi connectivity index (χ0n) is 12.9. The van der Waals surface area contributed by atoms with Crippen LogP contribution in [0.1, 0.15) is 18.1 Å². The molecule has 0 bridgehead atoms. The monoisotopic (exact) mass is 342 g/mol. The van der Waals surface area contributed by atoms with Crippen molar-refractivity contribution in [3.05, 3.63) is 29.3 Å². The van der Waals surface area contributed by atoms with E-state index in [4.69, 9.17) is 9.47 Å². The summed E-state index contributed by atoms with van der Waals surface area (Å²) >= 11 is 0. The van der Waals surface area contributed by atoms with Crippen LogP contribution >= 0.6 is 0 Å². The molecule has 1 atom stereocenters. The molecule has 0 fully saturated rings. The third-order valence-electron chi connectivity index (χ3n) is 3.15. The predicted octanol–water partition coefficient (Wildman–Crippen LogP) is 1.84. The molecule has 1 amide bonds. The number of methoxy groups -OCH3 is 2. The zero-order valence-corrected chi connectivity index (χ0v) is 13.8. The Morgan fingerprint density at radius 1 is 1.19 bits per heavy atom. The number of benzene rings is 1. The van der Waals surface area contributed by atoms with Gasteiger partial charge in [0, 0.05) is 24.2 Å². The molecule has 0 aliphatic carbocycles. The minimum absolute atomic E-state index is 0. The molecule has 0 saturated carbocycles. The molecule has 5 nitrogen and oxygen atoms in total. The van der Waals surface area contributed by atoms with Crippen molar-refractivity contribution in [2.24, 2.45) is 0 Å². The molecule has 0 aromatic heterocycles. The van der Waals surface area contributed by atoms with E-state index in [1.807, 2.05) is 32.0 Å². The number of hydrogen-bond acceptors (Lipinski definition) is 4. The largest absolute Gasteiger partial charge is 0.467 e. The first-order valence-corrected chi connectivity index (χ1v) is 6.39. The standard InChI is InChI=1S/C15H21NO4.Cu/c1-10-7-6-8-11(2)14(10)16(13(17)9-19-4)12(3)15(18)20-5;/h6-8,12H,9H2,1-5H3;. The van der Waals surface area contributed by atoms with Gasteiger partial charge in [-0.2, -0.15) is 0 Å². The summed E-state index contributed by atoms with van der Waals surface area (Å²) in [7, 11) is 2.76. The summed E-state index contributed by atoms with van der Waals surface area (Å²) in [6, 6.07) is 5.01. The van der Waals surface area contributed by atoms with Crippen LogP contribution in [0.15, 0.2) is 18.2 Å². The van der Waals surface area contributed by atoms with E-state index in [0.29, 0.717) is 0 Å². The van der Waals surface area contributed by atoms with Crippen LogP contribution in [-0.4, -0.2) is 38.7 Å². The van der Waals surface area contributed by atoms with E-state index in [2.05, 4.69) is 0 Å². The zero-order chi connectivity index (χ0) is 15.3. The first-order valence-electron chi connectivity index (χ1n) is 6.39. The Morgan fingerprint density at radius 3 is 2.14 bits per heavy atom. The van der Waals surface area contributed by atoms with Crippen LogP contribution < -0.4 is 4.90 Å². The summed E-state index contributed by atoms with van der Waals surface area (Å²) in [5.41, 5.74) is 2.57. The van der Waals surface area contributed by atoms with Crippen molar-refractivity contribution >= 4 is 17.6 Å². The van der Waals surface area contributed by atoms with Gasteiger partial charge in [-0.05, 0) is 31.9 Å². The maximum Gasteiger partial charge on any atom is 0.328 e. The second-order valence-corrected chi connectivity index (χ2v) is 4.64. The molecule has 1 radical (unpaired) electrons. The van der Waals surface area contributed by atoms with Gasteiger partial charge in [0.15, 0.2) is 0 Å². The van der Waals surface area contributed by atoms with E-state index in [1.54, 1.807) is 6.92 Å². The van der Waals surface area contributed by atoms with E-state index in [-0.39, 0.29) is 29.6 Å². The number of hydrogen-bond donors (Lipinski definition) is 0. The maximum absolute atomic E-state index is 12.3. The van der Waals surface area contributed by atoms with E-state index >= 15 is 0 Å². The van der Waals surface area contributed by atoms with Crippen molar-refractivity contribution in [1.29, 1.82) is 0 Å². The van der Waals surface area contributed by atoms with E-state index in [1.165, 1.54) is 19.1 Å². The van der Waals surface area contributed by atoms with Gasteiger partial charge in [-0.25, -0.2) is 4.79 Å². The van der Waals surface area contributed by atoms with Crippen molar-refractivity contribution in [2.75, 3.05) is 25.7 Å². The summed E-state index contributed by atoms with van der Waals surface area (Å²) in [4.78, 5) is 25.5. The molecule has 1 aromatic rings. The fraction of sp³-hybridized carbons (Fsp3) is 0.467. The van der Waals surface area contributed by atoms with Crippen LogP contribution in [0.2, 0.25) is 0 Å². The van der Waals surface area contributed by atoms with Gasteiger partial charge in [0.05, 0.1) is 12.8 Å². The Hall–Kier alpha value is -1.36. The van der Waals surface area contributed by atoms with Crippen LogP contribution in [-0.2, 0) is 36.1 Å². The summed E-state index contributed by atoms with van der Waals surface area (Å²) in [5.74, 6) is -0.736. The molecule has 0 N–H and O–H groups in total. The van der Waals surface area contributed by atoms with Crippen LogP contribution in [0.25, 0.3) is 0 Å². The molecule has 0 heterocycles. The predicted molar refractivity (Wildman–Crippen MR) is 76.8 cm³/mol. The van der Waals surface area contributed by atoms with Crippen LogP contribution in [0.5, 0.6) is 0 Å². The Bertz CT molecular complexity index is 484. The number of amides is 1. The molecule has 6 heteroatoms. The van der Waals surface area contributed by atoms with Crippen molar-refractivity contribution in [3.8, 4) is 0 Å². The van der Waals surface area contributed by atoms with Crippen LogP contribution in [0.3, 0.4) is 0 Å². The van der Waals surface area contributed by atoms with Gasteiger partial charge in [-0.15, -0.1) is 0 Å². The number of carbonyl (C=O) groups is 2. The Balaban J connectivity index is 0.00000400.